The van der Waals surface area contributed by atoms with Crippen molar-refractivity contribution < 1.29 is 9.59 Å². The predicted octanol–water partition coefficient (Wildman–Crippen LogP) is 4.04. The average molecular weight is 493 g/mol. The van der Waals surface area contributed by atoms with Gasteiger partial charge in [-0.25, -0.2) is 4.68 Å². The summed E-state index contributed by atoms with van der Waals surface area (Å²) in [5.74, 6) is -0.464. The zero-order valence-corrected chi connectivity index (χ0v) is 19.6. The average Bonchev–Trinajstić information content (AvgIpc) is 2.86. The summed E-state index contributed by atoms with van der Waals surface area (Å²) in [6.45, 7) is 0.219. The van der Waals surface area contributed by atoms with Gasteiger partial charge in [-0.2, -0.15) is 5.10 Å². The fraction of sp³-hybridized carbons (Fsp3) is 0.120. The fourth-order valence-corrected chi connectivity index (χ4v) is 4.52. The second-order valence-corrected chi connectivity index (χ2v) is 8.92. The number of carbonyl (C=O) groups excluding carboxylic acids is 2. The Morgan fingerprint density at radius 2 is 1.56 bits per heavy atom. The number of carbonyl (C=O) groups is 2. The van der Waals surface area contributed by atoms with Crippen molar-refractivity contribution in [2.24, 2.45) is 0 Å². The molecule has 9 heteroatoms. The maximum atomic E-state index is 12.9. The minimum Gasteiger partial charge on any atom is -0.273 e. The Hall–Kier alpha value is -3.62. The highest BCUT2D eigenvalue weighted by Crippen LogP contribution is 2.26. The lowest BCUT2D eigenvalue weighted by Gasteiger charge is -2.12. The zero-order chi connectivity index (χ0) is 23.9. The SMILES string of the molecule is O=C(CCSc1ccccc1Cl)NNC(=O)c1nn(Cc2ccccc2)c(=O)c2ccccc12. The van der Waals surface area contributed by atoms with E-state index in [0.29, 0.717) is 21.5 Å². The predicted molar refractivity (Wildman–Crippen MR) is 134 cm³/mol. The van der Waals surface area contributed by atoms with E-state index < -0.39 is 5.91 Å². The molecule has 0 spiro atoms. The van der Waals surface area contributed by atoms with Crippen molar-refractivity contribution in [3.8, 4) is 0 Å². The number of hydrazine groups is 1. The summed E-state index contributed by atoms with van der Waals surface area (Å²) in [7, 11) is 0. The van der Waals surface area contributed by atoms with Gasteiger partial charge < -0.3 is 0 Å². The molecular weight excluding hydrogens is 472 g/mol. The van der Waals surface area contributed by atoms with Crippen molar-refractivity contribution in [2.45, 2.75) is 17.9 Å². The molecule has 0 saturated carbocycles. The maximum Gasteiger partial charge on any atom is 0.290 e. The van der Waals surface area contributed by atoms with Crippen molar-refractivity contribution in [1.29, 1.82) is 0 Å². The summed E-state index contributed by atoms with van der Waals surface area (Å²) in [5, 5.41) is 5.73. The summed E-state index contributed by atoms with van der Waals surface area (Å²) in [5.41, 5.74) is 5.46. The number of nitrogens with one attached hydrogen (secondary N) is 2. The molecule has 0 unspecified atom stereocenters. The molecule has 0 atom stereocenters. The van der Waals surface area contributed by atoms with Gasteiger partial charge in [-0.1, -0.05) is 72.3 Å². The first kappa shape index (κ1) is 23.5. The zero-order valence-electron chi connectivity index (χ0n) is 18.0. The Kier molecular flexibility index (Phi) is 7.61. The molecule has 4 aromatic rings. The molecule has 0 aliphatic rings. The molecule has 1 aromatic heterocycles. The molecule has 1 heterocycles. The van der Waals surface area contributed by atoms with E-state index in [1.54, 1.807) is 30.3 Å². The third kappa shape index (κ3) is 5.65. The van der Waals surface area contributed by atoms with Crippen LogP contribution in [0.3, 0.4) is 0 Å². The molecule has 2 amide bonds. The van der Waals surface area contributed by atoms with Crippen LogP contribution in [0.1, 0.15) is 22.5 Å². The van der Waals surface area contributed by atoms with Gasteiger partial charge in [0, 0.05) is 22.5 Å². The van der Waals surface area contributed by atoms with Crippen LogP contribution in [-0.2, 0) is 11.3 Å². The molecule has 0 radical (unpaired) electrons. The first-order chi connectivity index (χ1) is 16.5. The minimum atomic E-state index is -0.606. The molecule has 3 aromatic carbocycles. The van der Waals surface area contributed by atoms with Crippen molar-refractivity contribution in [1.82, 2.24) is 20.6 Å². The van der Waals surface area contributed by atoms with E-state index in [0.717, 1.165) is 10.5 Å². The Balaban J connectivity index is 1.45. The Labute approximate surface area is 205 Å². The summed E-state index contributed by atoms with van der Waals surface area (Å²) in [6, 6.07) is 23.6. The van der Waals surface area contributed by atoms with Crippen molar-refractivity contribution in [2.75, 3.05) is 5.75 Å². The Morgan fingerprint density at radius 3 is 2.32 bits per heavy atom. The lowest BCUT2D eigenvalue weighted by Crippen LogP contribution is -2.43. The van der Waals surface area contributed by atoms with Crippen molar-refractivity contribution in [3.05, 3.63) is 105 Å². The summed E-state index contributed by atoms with van der Waals surface area (Å²) in [6.07, 6.45) is 0.178. The summed E-state index contributed by atoms with van der Waals surface area (Å²) >= 11 is 7.58. The minimum absolute atomic E-state index is 0.0527. The van der Waals surface area contributed by atoms with Crippen molar-refractivity contribution in [3.63, 3.8) is 0 Å². The number of hydrogen-bond donors (Lipinski definition) is 2. The molecule has 0 saturated heterocycles. The molecule has 0 bridgehead atoms. The van der Waals surface area contributed by atoms with Gasteiger partial charge in [0.25, 0.3) is 11.5 Å². The van der Waals surface area contributed by atoms with Crippen LogP contribution in [0.25, 0.3) is 10.8 Å². The van der Waals surface area contributed by atoms with Crippen LogP contribution in [-0.4, -0.2) is 27.3 Å². The highest BCUT2D eigenvalue weighted by atomic mass is 35.5. The van der Waals surface area contributed by atoms with Crippen molar-refractivity contribution >= 4 is 45.9 Å². The van der Waals surface area contributed by atoms with E-state index in [9.17, 15) is 14.4 Å². The van der Waals surface area contributed by atoms with E-state index in [1.807, 2.05) is 48.5 Å². The number of hydrogen-bond acceptors (Lipinski definition) is 5. The molecule has 34 heavy (non-hydrogen) atoms. The van der Waals surface area contributed by atoms with Gasteiger partial charge in [-0.05, 0) is 23.8 Å². The third-order valence-electron chi connectivity index (χ3n) is 5.00. The molecule has 7 nitrogen and oxygen atoms in total. The molecule has 0 aliphatic heterocycles. The largest absolute Gasteiger partial charge is 0.290 e. The maximum absolute atomic E-state index is 12.9. The first-order valence-electron chi connectivity index (χ1n) is 10.5. The Bertz CT molecular complexity index is 1390. The van der Waals surface area contributed by atoms with Gasteiger partial charge in [0.1, 0.15) is 0 Å². The number of amides is 2. The number of fused-ring (bicyclic) bond motifs is 1. The van der Waals surface area contributed by atoms with Gasteiger partial charge in [0.15, 0.2) is 5.69 Å². The quantitative estimate of drug-likeness (QED) is 0.300. The number of thioether (sulfide) groups is 1. The molecule has 4 rings (SSSR count). The highest BCUT2D eigenvalue weighted by Gasteiger charge is 2.17. The topological polar surface area (TPSA) is 93.1 Å². The lowest BCUT2D eigenvalue weighted by atomic mass is 10.1. The second kappa shape index (κ2) is 11.0. The highest BCUT2D eigenvalue weighted by molar-refractivity contribution is 7.99. The van der Waals surface area contributed by atoms with Crippen LogP contribution in [0.4, 0.5) is 0 Å². The summed E-state index contributed by atoms with van der Waals surface area (Å²) in [4.78, 5) is 38.9. The molecule has 172 valence electrons. The van der Waals surface area contributed by atoms with Crippen LogP contribution < -0.4 is 16.4 Å². The number of aromatic nitrogens is 2. The number of rotatable bonds is 7. The van der Waals surface area contributed by atoms with E-state index in [2.05, 4.69) is 16.0 Å². The van der Waals surface area contributed by atoms with Crippen LogP contribution in [0.2, 0.25) is 5.02 Å². The summed E-state index contributed by atoms with van der Waals surface area (Å²) < 4.78 is 1.26. The van der Waals surface area contributed by atoms with Gasteiger partial charge in [0.2, 0.25) is 5.91 Å². The van der Waals surface area contributed by atoms with Crippen LogP contribution in [0, 0.1) is 0 Å². The van der Waals surface area contributed by atoms with Crippen LogP contribution in [0.5, 0.6) is 0 Å². The standard InChI is InChI=1S/C25H21ClN4O3S/c26-20-12-6-7-13-21(20)34-15-14-22(31)27-28-24(32)23-18-10-4-5-11-19(18)25(33)30(29-23)16-17-8-2-1-3-9-17/h1-13H,14-16H2,(H,27,31)(H,28,32). The normalized spacial score (nSPS) is 10.7. The second-order valence-electron chi connectivity index (χ2n) is 7.37. The van der Waals surface area contributed by atoms with E-state index in [1.165, 1.54) is 16.4 Å². The van der Waals surface area contributed by atoms with Gasteiger partial charge >= 0.3 is 0 Å². The molecule has 2 N–H and O–H groups in total. The van der Waals surface area contributed by atoms with Gasteiger partial charge in [-0.15, -0.1) is 11.8 Å². The molecule has 0 aliphatic carbocycles. The van der Waals surface area contributed by atoms with Crippen LogP contribution in [0.15, 0.2) is 88.6 Å². The fourth-order valence-electron chi connectivity index (χ4n) is 3.33. The van der Waals surface area contributed by atoms with E-state index in [-0.39, 0.29) is 30.1 Å². The lowest BCUT2D eigenvalue weighted by molar-refractivity contribution is -0.121. The third-order valence-corrected chi connectivity index (χ3v) is 6.51. The Morgan fingerprint density at radius 1 is 0.882 bits per heavy atom. The smallest absolute Gasteiger partial charge is 0.273 e. The molecule has 0 fully saturated rings. The number of nitrogens with zero attached hydrogens (tertiary/aromatic N) is 2. The number of benzene rings is 3. The molecular formula is C25H21ClN4O3S. The van der Waals surface area contributed by atoms with E-state index >= 15 is 0 Å². The first-order valence-corrected chi connectivity index (χ1v) is 11.9. The van der Waals surface area contributed by atoms with Crippen LogP contribution >= 0.6 is 23.4 Å². The number of halogens is 1. The van der Waals surface area contributed by atoms with Gasteiger partial charge in [0.05, 0.1) is 17.0 Å². The van der Waals surface area contributed by atoms with Gasteiger partial charge in [-0.3, -0.25) is 25.2 Å². The monoisotopic (exact) mass is 492 g/mol. The van der Waals surface area contributed by atoms with E-state index in [4.69, 9.17) is 11.6 Å².